The van der Waals surface area contributed by atoms with Crippen molar-refractivity contribution in [1.82, 2.24) is 24.8 Å². The van der Waals surface area contributed by atoms with Crippen molar-refractivity contribution in [2.45, 2.75) is 19.5 Å². The van der Waals surface area contributed by atoms with Crippen molar-refractivity contribution in [3.05, 3.63) is 59.2 Å². The minimum absolute atomic E-state index is 0.0276. The van der Waals surface area contributed by atoms with Gasteiger partial charge in [0.05, 0.1) is 13.5 Å². The minimum atomic E-state index is -4.57. The molecule has 0 amide bonds. The van der Waals surface area contributed by atoms with E-state index in [1.807, 2.05) is 12.1 Å². The molecule has 4 aromatic rings. The van der Waals surface area contributed by atoms with Gasteiger partial charge in [-0.3, -0.25) is 0 Å². The first-order chi connectivity index (χ1) is 13.3. The quantitative estimate of drug-likeness (QED) is 0.530. The highest BCUT2D eigenvalue weighted by Crippen LogP contribution is 2.31. The molecule has 10 heteroatoms. The second kappa shape index (κ2) is 6.63. The Morgan fingerprint density at radius 2 is 1.86 bits per heavy atom. The number of alkyl halides is 3. The van der Waals surface area contributed by atoms with Crippen LogP contribution in [0.2, 0.25) is 0 Å². The Morgan fingerprint density at radius 3 is 2.54 bits per heavy atom. The van der Waals surface area contributed by atoms with E-state index in [1.54, 1.807) is 19.2 Å². The first-order valence-electron chi connectivity index (χ1n) is 8.24. The van der Waals surface area contributed by atoms with Crippen LogP contribution in [0.3, 0.4) is 0 Å². The van der Waals surface area contributed by atoms with Crippen LogP contribution in [0.4, 0.5) is 13.2 Å². The van der Waals surface area contributed by atoms with Crippen LogP contribution in [0.15, 0.2) is 40.8 Å². The highest BCUT2D eigenvalue weighted by molar-refractivity contribution is 5.56. The Kier molecular flexibility index (Phi) is 4.25. The van der Waals surface area contributed by atoms with Gasteiger partial charge in [-0.1, -0.05) is 12.1 Å². The van der Waals surface area contributed by atoms with Crippen LogP contribution in [0.25, 0.3) is 17.2 Å². The SMILES string of the molecule is COc1ccc(Cc2nnc(-c3cc4nc(C)cc(C(F)(F)F)n4n3)o2)cc1. The highest BCUT2D eigenvalue weighted by Gasteiger charge is 2.35. The van der Waals surface area contributed by atoms with Crippen LogP contribution in [0.5, 0.6) is 5.75 Å². The summed E-state index contributed by atoms with van der Waals surface area (Å²) in [6.07, 6.45) is -4.20. The van der Waals surface area contributed by atoms with Gasteiger partial charge in [0, 0.05) is 11.8 Å². The third-order valence-corrected chi connectivity index (χ3v) is 4.05. The minimum Gasteiger partial charge on any atom is -0.497 e. The van der Waals surface area contributed by atoms with Gasteiger partial charge in [0.15, 0.2) is 11.3 Å². The maximum Gasteiger partial charge on any atom is 0.433 e. The molecule has 1 aromatic carbocycles. The zero-order valence-corrected chi connectivity index (χ0v) is 14.9. The number of fused-ring (bicyclic) bond motifs is 1. The number of methoxy groups -OCH3 is 1. The van der Waals surface area contributed by atoms with Crippen LogP contribution >= 0.6 is 0 Å². The lowest BCUT2D eigenvalue weighted by Gasteiger charge is -2.08. The molecule has 0 atom stereocenters. The summed E-state index contributed by atoms with van der Waals surface area (Å²) in [5, 5.41) is 11.8. The molecule has 0 saturated heterocycles. The largest absolute Gasteiger partial charge is 0.497 e. The van der Waals surface area contributed by atoms with Gasteiger partial charge in [0.25, 0.3) is 5.89 Å². The number of hydrogen-bond acceptors (Lipinski definition) is 6. The Hall–Kier alpha value is -3.43. The predicted molar refractivity (Wildman–Crippen MR) is 91.8 cm³/mol. The number of ether oxygens (including phenoxy) is 1. The number of aromatic nitrogens is 5. The van der Waals surface area contributed by atoms with E-state index in [0.717, 1.165) is 21.9 Å². The number of rotatable bonds is 4. The number of halogens is 3. The van der Waals surface area contributed by atoms with Gasteiger partial charge < -0.3 is 9.15 Å². The number of nitrogens with zero attached hydrogens (tertiary/aromatic N) is 5. The molecule has 4 rings (SSSR count). The molecule has 0 unspecified atom stereocenters. The van der Waals surface area contributed by atoms with Crippen molar-refractivity contribution in [3.63, 3.8) is 0 Å². The molecule has 3 heterocycles. The van der Waals surface area contributed by atoms with Crippen molar-refractivity contribution in [2.24, 2.45) is 0 Å². The second-order valence-electron chi connectivity index (χ2n) is 6.11. The monoisotopic (exact) mass is 389 g/mol. The zero-order valence-electron chi connectivity index (χ0n) is 14.9. The summed E-state index contributed by atoms with van der Waals surface area (Å²) in [5.74, 6) is 1.07. The average Bonchev–Trinajstić information content (AvgIpc) is 3.27. The summed E-state index contributed by atoms with van der Waals surface area (Å²) in [7, 11) is 1.58. The van der Waals surface area contributed by atoms with Crippen LogP contribution in [0.1, 0.15) is 22.8 Å². The second-order valence-corrected chi connectivity index (χ2v) is 6.11. The van der Waals surface area contributed by atoms with E-state index < -0.39 is 11.9 Å². The van der Waals surface area contributed by atoms with Gasteiger partial charge in [-0.25, -0.2) is 9.50 Å². The first kappa shape index (κ1) is 18.0. The van der Waals surface area contributed by atoms with Crippen LogP contribution in [0, 0.1) is 6.92 Å². The molecule has 0 bridgehead atoms. The smallest absolute Gasteiger partial charge is 0.433 e. The molecule has 0 saturated carbocycles. The van der Waals surface area contributed by atoms with Crippen LogP contribution in [-0.2, 0) is 12.6 Å². The molecule has 0 N–H and O–H groups in total. The van der Waals surface area contributed by atoms with Gasteiger partial charge in [-0.15, -0.1) is 10.2 Å². The molecule has 144 valence electrons. The van der Waals surface area contributed by atoms with E-state index in [0.29, 0.717) is 12.3 Å². The van der Waals surface area contributed by atoms with Crippen LogP contribution in [-0.4, -0.2) is 31.9 Å². The van der Waals surface area contributed by atoms with Crippen molar-refractivity contribution in [2.75, 3.05) is 7.11 Å². The molecule has 0 radical (unpaired) electrons. The molecule has 0 aliphatic rings. The van der Waals surface area contributed by atoms with Crippen LogP contribution < -0.4 is 4.74 Å². The summed E-state index contributed by atoms with van der Waals surface area (Å²) >= 11 is 0. The Balaban J connectivity index is 1.65. The molecular formula is C18H14F3N5O2. The topological polar surface area (TPSA) is 78.3 Å². The normalized spacial score (nSPS) is 11.9. The fourth-order valence-electron chi connectivity index (χ4n) is 2.75. The van der Waals surface area contributed by atoms with Gasteiger partial charge in [0.2, 0.25) is 5.89 Å². The number of benzene rings is 1. The Labute approximate surface area is 156 Å². The maximum absolute atomic E-state index is 13.3. The maximum atomic E-state index is 13.3. The standard InChI is InChI=1S/C18H14F3N5O2/c1-10-7-14(18(19,20)21)26-15(22-10)9-13(25-26)17-24-23-16(28-17)8-11-3-5-12(27-2)6-4-11/h3-7,9H,8H2,1-2H3. The van der Waals surface area contributed by atoms with E-state index >= 15 is 0 Å². The Bertz CT molecular complexity index is 1130. The summed E-state index contributed by atoms with van der Waals surface area (Å²) in [6.45, 7) is 1.49. The molecule has 0 aliphatic heterocycles. The fraction of sp³-hybridized carbons (Fsp3) is 0.222. The van der Waals surface area contributed by atoms with Crippen molar-refractivity contribution < 1.29 is 22.3 Å². The first-order valence-corrected chi connectivity index (χ1v) is 8.24. The van der Waals surface area contributed by atoms with Gasteiger partial charge in [0.1, 0.15) is 11.4 Å². The molecule has 7 nitrogen and oxygen atoms in total. The highest BCUT2D eigenvalue weighted by atomic mass is 19.4. The molecule has 28 heavy (non-hydrogen) atoms. The summed E-state index contributed by atoms with van der Waals surface area (Å²) in [6, 6.07) is 9.65. The van der Waals surface area contributed by atoms with Crippen molar-refractivity contribution >= 4 is 5.65 Å². The van der Waals surface area contributed by atoms with Gasteiger partial charge in [-0.2, -0.15) is 18.3 Å². The fourth-order valence-corrected chi connectivity index (χ4v) is 2.75. The van der Waals surface area contributed by atoms with E-state index in [2.05, 4.69) is 20.3 Å². The Morgan fingerprint density at radius 1 is 1.11 bits per heavy atom. The lowest BCUT2D eigenvalue weighted by molar-refractivity contribution is -0.142. The van der Waals surface area contributed by atoms with E-state index in [1.165, 1.54) is 13.0 Å². The molecule has 0 spiro atoms. The predicted octanol–water partition coefficient (Wildman–Crippen LogP) is 3.71. The summed E-state index contributed by atoms with van der Waals surface area (Å²) < 4.78 is 51.2. The lowest BCUT2D eigenvalue weighted by atomic mass is 10.1. The van der Waals surface area contributed by atoms with Crippen molar-refractivity contribution in [1.29, 1.82) is 0 Å². The average molecular weight is 389 g/mol. The van der Waals surface area contributed by atoms with Gasteiger partial charge in [-0.05, 0) is 30.7 Å². The molecule has 0 aliphatic carbocycles. The van der Waals surface area contributed by atoms with E-state index in [-0.39, 0.29) is 22.9 Å². The third kappa shape index (κ3) is 3.40. The summed E-state index contributed by atoms with van der Waals surface area (Å²) in [5.41, 5.74) is 0.410. The number of aryl methyl sites for hydroxylation is 1. The third-order valence-electron chi connectivity index (χ3n) is 4.05. The zero-order chi connectivity index (χ0) is 19.9. The van der Waals surface area contributed by atoms with E-state index in [4.69, 9.17) is 9.15 Å². The molecular weight excluding hydrogens is 375 g/mol. The van der Waals surface area contributed by atoms with E-state index in [9.17, 15) is 13.2 Å². The van der Waals surface area contributed by atoms with Crippen molar-refractivity contribution in [3.8, 4) is 17.3 Å². The lowest BCUT2D eigenvalue weighted by Crippen LogP contribution is -2.13. The van der Waals surface area contributed by atoms with Gasteiger partial charge >= 0.3 is 6.18 Å². The molecule has 3 aromatic heterocycles. The number of hydrogen-bond donors (Lipinski definition) is 0. The molecule has 0 fully saturated rings. The summed E-state index contributed by atoms with van der Waals surface area (Å²) in [4.78, 5) is 4.09.